The third-order valence-corrected chi connectivity index (χ3v) is 3.60. The summed E-state index contributed by atoms with van der Waals surface area (Å²) in [5.41, 5.74) is 0. The van der Waals surface area contributed by atoms with Gasteiger partial charge in [-0.3, -0.25) is 4.79 Å². The van der Waals surface area contributed by atoms with Crippen LogP contribution >= 0.6 is 0 Å². The van der Waals surface area contributed by atoms with Gasteiger partial charge in [-0.2, -0.15) is 0 Å². The van der Waals surface area contributed by atoms with Gasteiger partial charge in [-0.15, -0.1) is 0 Å². The molecule has 0 aromatic carbocycles. The normalized spacial score (nSPS) is 23.4. The summed E-state index contributed by atoms with van der Waals surface area (Å²) in [7, 11) is 0. The first-order chi connectivity index (χ1) is 8.74. The zero-order valence-electron chi connectivity index (χ0n) is 11.1. The monoisotopic (exact) mass is 257 g/mol. The highest BCUT2D eigenvalue weighted by Crippen LogP contribution is 2.35. The molecule has 18 heavy (non-hydrogen) atoms. The first kappa shape index (κ1) is 13.8. The zero-order chi connectivity index (χ0) is 12.8. The van der Waals surface area contributed by atoms with E-state index >= 15 is 0 Å². The minimum atomic E-state index is -0.341. The average molecular weight is 257 g/mol. The van der Waals surface area contributed by atoms with E-state index in [1.54, 1.807) is 0 Å². The van der Waals surface area contributed by atoms with E-state index in [9.17, 15) is 4.79 Å². The quantitative estimate of drug-likeness (QED) is 0.752. The van der Waals surface area contributed by atoms with E-state index in [4.69, 9.17) is 14.2 Å². The molecule has 1 spiro atoms. The molecule has 1 aliphatic heterocycles. The van der Waals surface area contributed by atoms with Gasteiger partial charge in [-0.05, 0) is 19.8 Å². The van der Waals surface area contributed by atoms with E-state index in [0.717, 1.165) is 25.7 Å². The second-order valence-electron chi connectivity index (χ2n) is 4.90. The van der Waals surface area contributed by atoms with Crippen molar-refractivity contribution in [2.45, 2.75) is 50.9 Å². The van der Waals surface area contributed by atoms with Gasteiger partial charge in [0.2, 0.25) is 5.91 Å². The number of hydrogen-bond donors (Lipinski definition) is 1. The second-order valence-corrected chi connectivity index (χ2v) is 4.90. The van der Waals surface area contributed by atoms with Crippen molar-refractivity contribution in [2.75, 3.05) is 26.4 Å². The maximum absolute atomic E-state index is 11.6. The zero-order valence-corrected chi connectivity index (χ0v) is 11.1. The van der Waals surface area contributed by atoms with Gasteiger partial charge in [-0.25, -0.2) is 0 Å². The molecule has 0 bridgehead atoms. The molecule has 5 heteroatoms. The van der Waals surface area contributed by atoms with Crippen LogP contribution in [0.25, 0.3) is 0 Å². The van der Waals surface area contributed by atoms with Crippen LogP contribution < -0.4 is 5.32 Å². The summed E-state index contributed by atoms with van der Waals surface area (Å²) < 4.78 is 16.5. The van der Waals surface area contributed by atoms with Crippen molar-refractivity contribution < 1.29 is 19.0 Å². The van der Waals surface area contributed by atoms with Crippen molar-refractivity contribution in [1.29, 1.82) is 0 Å². The number of nitrogens with one attached hydrogen (secondary N) is 1. The molecule has 1 saturated carbocycles. The number of carbonyl (C=O) groups is 1. The summed E-state index contributed by atoms with van der Waals surface area (Å²) in [6, 6.07) is 0.262. The second kappa shape index (κ2) is 6.50. The van der Waals surface area contributed by atoms with E-state index in [0.29, 0.717) is 32.8 Å². The fraction of sp³-hybridized carbons (Fsp3) is 0.923. The highest BCUT2D eigenvalue weighted by molar-refractivity contribution is 5.76. The van der Waals surface area contributed by atoms with Crippen molar-refractivity contribution in [3.05, 3.63) is 0 Å². The van der Waals surface area contributed by atoms with Gasteiger partial charge in [0.05, 0.1) is 19.8 Å². The standard InChI is InChI=1S/C13H23NO4/c1-2-16-8-5-12(15)14-11-3-6-13(7-4-11)17-9-10-18-13/h11H,2-10H2,1H3,(H,14,15). The van der Waals surface area contributed by atoms with E-state index in [1.165, 1.54) is 0 Å². The van der Waals surface area contributed by atoms with Gasteiger partial charge in [0.1, 0.15) is 0 Å². The Morgan fingerprint density at radius 1 is 1.33 bits per heavy atom. The van der Waals surface area contributed by atoms with Gasteiger partial charge < -0.3 is 19.5 Å². The average Bonchev–Trinajstić information content (AvgIpc) is 2.81. The van der Waals surface area contributed by atoms with Crippen molar-refractivity contribution in [2.24, 2.45) is 0 Å². The summed E-state index contributed by atoms with van der Waals surface area (Å²) in [4.78, 5) is 11.6. The lowest BCUT2D eigenvalue weighted by Gasteiger charge is -2.35. The van der Waals surface area contributed by atoms with Crippen LogP contribution in [-0.4, -0.2) is 44.2 Å². The lowest BCUT2D eigenvalue weighted by molar-refractivity contribution is -0.180. The predicted molar refractivity (Wildman–Crippen MR) is 66.1 cm³/mol. The summed E-state index contributed by atoms with van der Waals surface area (Å²) in [5.74, 6) is -0.260. The van der Waals surface area contributed by atoms with Crippen LogP contribution in [0.1, 0.15) is 39.0 Å². The summed E-state index contributed by atoms with van der Waals surface area (Å²) in [6.45, 7) is 4.50. The molecule has 1 heterocycles. The van der Waals surface area contributed by atoms with Crippen LogP contribution in [0.4, 0.5) is 0 Å². The molecule has 2 fully saturated rings. The van der Waals surface area contributed by atoms with Crippen LogP contribution in [0, 0.1) is 0 Å². The van der Waals surface area contributed by atoms with Crippen LogP contribution in [0.2, 0.25) is 0 Å². The maximum atomic E-state index is 11.6. The lowest BCUT2D eigenvalue weighted by Crippen LogP contribution is -2.44. The van der Waals surface area contributed by atoms with Crippen LogP contribution in [0.15, 0.2) is 0 Å². The van der Waals surface area contributed by atoms with Crippen LogP contribution in [0.3, 0.4) is 0 Å². The first-order valence-corrected chi connectivity index (χ1v) is 6.89. The third kappa shape index (κ3) is 3.67. The molecular formula is C13H23NO4. The third-order valence-electron chi connectivity index (χ3n) is 3.60. The fourth-order valence-corrected chi connectivity index (χ4v) is 2.60. The van der Waals surface area contributed by atoms with Crippen molar-refractivity contribution in [3.8, 4) is 0 Å². The topological polar surface area (TPSA) is 56.8 Å². The van der Waals surface area contributed by atoms with Gasteiger partial charge in [0.25, 0.3) is 0 Å². The molecule has 0 atom stereocenters. The molecule has 104 valence electrons. The van der Waals surface area contributed by atoms with Gasteiger partial charge in [0, 0.05) is 31.9 Å². The summed E-state index contributed by atoms with van der Waals surface area (Å²) >= 11 is 0. The maximum Gasteiger partial charge on any atom is 0.222 e. The SMILES string of the molecule is CCOCCC(=O)NC1CCC2(CC1)OCCO2. The van der Waals surface area contributed by atoms with Crippen molar-refractivity contribution in [3.63, 3.8) is 0 Å². The molecule has 1 aliphatic carbocycles. The summed E-state index contributed by atoms with van der Waals surface area (Å²) in [5, 5.41) is 3.05. The number of rotatable bonds is 5. The fourth-order valence-electron chi connectivity index (χ4n) is 2.60. The molecule has 1 saturated heterocycles. The Bertz CT molecular complexity index is 266. The lowest BCUT2D eigenvalue weighted by atomic mass is 9.90. The molecule has 0 unspecified atom stereocenters. The Kier molecular flexibility index (Phi) is 4.97. The number of ether oxygens (including phenoxy) is 3. The molecule has 0 radical (unpaired) electrons. The Morgan fingerprint density at radius 3 is 2.61 bits per heavy atom. The molecule has 0 aromatic heterocycles. The molecule has 0 aromatic rings. The number of carbonyl (C=O) groups excluding carboxylic acids is 1. The smallest absolute Gasteiger partial charge is 0.222 e. The minimum absolute atomic E-state index is 0.0812. The Balaban J connectivity index is 1.65. The molecule has 2 rings (SSSR count). The highest BCUT2D eigenvalue weighted by atomic mass is 16.7. The van der Waals surface area contributed by atoms with Crippen molar-refractivity contribution >= 4 is 5.91 Å². The molecule has 1 amide bonds. The Labute approximate surface area is 108 Å². The molecular weight excluding hydrogens is 234 g/mol. The Morgan fingerprint density at radius 2 is 2.00 bits per heavy atom. The van der Waals surface area contributed by atoms with E-state index < -0.39 is 0 Å². The minimum Gasteiger partial charge on any atom is -0.381 e. The van der Waals surface area contributed by atoms with Gasteiger partial charge in [0.15, 0.2) is 5.79 Å². The number of amides is 1. The van der Waals surface area contributed by atoms with Crippen LogP contribution in [-0.2, 0) is 19.0 Å². The van der Waals surface area contributed by atoms with E-state index in [2.05, 4.69) is 5.32 Å². The highest BCUT2D eigenvalue weighted by Gasteiger charge is 2.40. The van der Waals surface area contributed by atoms with Gasteiger partial charge in [-0.1, -0.05) is 0 Å². The largest absolute Gasteiger partial charge is 0.381 e. The van der Waals surface area contributed by atoms with E-state index in [1.807, 2.05) is 6.92 Å². The molecule has 1 N–H and O–H groups in total. The summed E-state index contributed by atoms with van der Waals surface area (Å²) in [6.07, 6.45) is 4.07. The Hall–Kier alpha value is -0.650. The van der Waals surface area contributed by atoms with Gasteiger partial charge >= 0.3 is 0 Å². The van der Waals surface area contributed by atoms with Crippen LogP contribution in [0.5, 0.6) is 0 Å². The molecule has 2 aliphatic rings. The number of hydrogen-bond acceptors (Lipinski definition) is 4. The van der Waals surface area contributed by atoms with E-state index in [-0.39, 0.29) is 17.7 Å². The first-order valence-electron chi connectivity index (χ1n) is 6.89. The molecule has 5 nitrogen and oxygen atoms in total. The predicted octanol–water partition coefficient (Wildman–Crippen LogP) is 1.21. The van der Waals surface area contributed by atoms with Crippen molar-refractivity contribution in [1.82, 2.24) is 5.32 Å².